The van der Waals surface area contributed by atoms with Gasteiger partial charge in [-0.05, 0) is 24.9 Å². The van der Waals surface area contributed by atoms with Gasteiger partial charge in [0, 0.05) is 33.7 Å². The van der Waals surface area contributed by atoms with E-state index in [0.29, 0.717) is 24.3 Å². The van der Waals surface area contributed by atoms with Crippen LogP contribution in [0, 0.1) is 5.41 Å². The predicted molar refractivity (Wildman–Crippen MR) is 95.7 cm³/mol. The van der Waals surface area contributed by atoms with E-state index in [9.17, 15) is 9.59 Å². The SMILES string of the molecule is Cl.Cn1c(=O)c2c(ncn2CCN2CCC(C)(CN)C2)n(C)c1=O. The summed E-state index contributed by atoms with van der Waals surface area (Å²) in [7, 11) is 3.13. The van der Waals surface area contributed by atoms with E-state index < -0.39 is 0 Å². The van der Waals surface area contributed by atoms with Crippen molar-refractivity contribution in [2.45, 2.75) is 19.9 Å². The van der Waals surface area contributed by atoms with Crippen LogP contribution in [0.15, 0.2) is 15.9 Å². The molecular weight excluding hydrogens is 332 g/mol. The number of halogens is 1. The Morgan fingerprint density at radius 3 is 2.58 bits per heavy atom. The Bertz CT molecular complexity index is 854. The van der Waals surface area contributed by atoms with Crippen LogP contribution in [-0.2, 0) is 20.6 Å². The van der Waals surface area contributed by atoms with Gasteiger partial charge < -0.3 is 15.2 Å². The summed E-state index contributed by atoms with van der Waals surface area (Å²) in [4.78, 5) is 30.9. The molecule has 0 spiro atoms. The molecule has 1 unspecified atom stereocenters. The Morgan fingerprint density at radius 2 is 1.96 bits per heavy atom. The first-order chi connectivity index (χ1) is 10.9. The van der Waals surface area contributed by atoms with Crippen molar-refractivity contribution in [2.24, 2.45) is 25.2 Å². The topological polar surface area (TPSA) is 91.1 Å². The minimum absolute atomic E-state index is 0. The zero-order valence-electron chi connectivity index (χ0n) is 14.4. The minimum atomic E-state index is -0.356. The van der Waals surface area contributed by atoms with Crippen molar-refractivity contribution in [3.8, 4) is 0 Å². The second-order valence-electron chi connectivity index (χ2n) is 6.86. The first-order valence-corrected chi connectivity index (χ1v) is 7.89. The van der Waals surface area contributed by atoms with Crippen molar-refractivity contribution in [1.29, 1.82) is 0 Å². The van der Waals surface area contributed by atoms with Gasteiger partial charge in [0.05, 0.1) is 6.33 Å². The first kappa shape index (κ1) is 18.7. The Balaban J connectivity index is 0.00000208. The third-order valence-electron chi connectivity index (χ3n) is 5.00. The monoisotopic (exact) mass is 356 g/mol. The minimum Gasteiger partial charge on any atom is -0.330 e. The summed E-state index contributed by atoms with van der Waals surface area (Å²) in [6.07, 6.45) is 2.74. The predicted octanol–water partition coefficient (Wildman–Crippen LogP) is -0.474. The van der Waals surface area contributed by atoms with Crippen LogP contribution < -0.4 is 17.0 Å². The molecule has 24 heavy (non-hydrogen) atoms. The summed E-state index contributed by atoms with van der Waals surface area (Å²) in [5, 5.41) is 0. The maximum absolute atomic E-state index is 12.4. The lowest BCUT2D eigenvalue weighted by molar-refractivity contribution is 0.272. The van der Waals surface area contributed by atoms with Crippen LogP contribution in [0.2, 0.25) is 0 Å². The molecule has 1 aliphatic heterocycles. The molecule has 0 radical (unpaired) electrons. The fourth-order valence-electron chi connectivity index (χ4n) is 3.30. The van der Waals surface area contributed by atoms with E-state index in [1.807, 2.05) is 4.57 Å². The average Bonchev–Trinajstić information content (AvgIpc) is 3.13. The molecule has 1 atom stereocenters. The highest BCUT2D eigenvalue weighted by Crippen LogP contribution is 2.28. The van der Waals surface area contributed by atoms with Crippen molar-refractivity contribution in [1.82, 2.24) is 23.6 Å². The van der Waals surface area contributed by atoms with Crippen LogP contribution in [0.25, 0.3) is 11.2 Å². The molecule has 9 heteroatoms. The van der Waals surface area contributed by atoms with Gasteiger partial charge in [0.15, 0.2) is 11.2 Å². The maximum Gasteiger partial charge on any atom is 0.332 e. The number of likely N-dealkylation sites (tertiary alicyclic amines) is 1. The number of nitrogens with zero attached hydrogens (tertiary/aromatic N) is 5. The normalized spacial score (nSPS) is 21.3. The lowest BCUT2D eigenvalue weighted by Crippen LogP contribution is -2.38. The molecule has 1 aliphatic rings. The first-order valence-electron chi connectivity index (χ1n) is 7.89. The Labute approximate surface area is 146 Å². The molecule has 2 aromatic rings. The second-order valence-corrected chi connectivity index (χ2v) is 6.86. The highest BCUT2D eigenvalue weighted by molar-refractivity contribution is 5.85. The van der Waals surface area contributed by atoms with Crippen molar-refractivity contribution in [3.05, 3.63) is 27.2 Å². The number of aryl methyl sites for hydroxylation is 1. The number of nitrogens with two attached hydrogens (primary N) is 1. The number of imidazole rings is 1. The van der Waals surface area contributed by atoms with Crippen molar-refractivity contribution >= 4 is 23.6 Å². The molecule has 1 fully saturated rings. The summed E-state index contributed by atoms with van der Waals surface area (Å²) in [5.74, 6) is 0. The number of hydrogen-bond acceptors (Lipinski definition) is 5. The third kappa shape index (κ3) is 3.01. The summed E-state index contributed by atoms with van der Waals surface area (Å²) >= 11 is 0. The number of hydrogen-bond donors (Lipinski definition) is 1. The van der Waals surface area contributed by atoms with E-state index in [-0.39, 0.29) is 29.1 Å². The molecule has 0 aliphatic carbocycles. The van der Waals surface area contributed by atoms with Crippen LogP contribution in [-0.4, -0.2) is 49.8 Å². The van der Waals surface area contributed by atoms with Crippen LogP contribution in [0.4, 0.5) is 0 Å². The molecule has 0 aromatic carbocycles. The summed E-state index contributed by atoms with van der Waals surface area (Å²) in [6.45, 7) is 6.42. The molecule has 2 aromatic heterocycles. The Morgan fingerprint density at radius 1 is 1.25 bits per heavy atom. The van der Waals surface area contributed by atoms with Crippen LogP contribution in [0.3, 0.4) is 0 Å². The van der Waals surface area contributed by atoms with Gasteiger partial charge in [-0.1, -0.05) is 6.92 Å². The van der Waals surface area contributed by atoms with Crippen LogP contribution in [0.1, 0.15) is 13.3 Å². The van der Waals surface area contributed by atoms with E-state index in [1.165, 1.54) is 11.6 Å². The third-order valence-corrected chi connectivity index (χ3v) is 5.00. The lowest BCUT2D eigenvalue weighted by Gasteiger charge is -2.22. The molecule has 3 rings (SSSR count). The van der Waals surface area contributed by atoms with Crippen molar-refractivity contribution in [3.63, 3.8) is 0 Å². The van der Waals surface area contributed by atoms with Crippen LogP contribution in [0.5, 0.6) is 0 Å². The quantitative estimate of drug-likeness (QED) is 0.799. The molecule has 2 N–H and O–H groups in total. The molecule has 0 amide bonds. The fraction of sp³-hybridized carbons (Fsp3) is 0.667. The standard InChI is InChI=1S/C15H24N6O2.ClH/c1-15(8-16)4-5-20(9-15)6-7-21-10-17-12-11(21)13(22)19(3)14(23)18(12)2;/h10H,4-9,16H2,1-3H3;1H. The van der Waals surface area contributed by atoms with Gasteiger partial charge in [-0.2, -0.15) is 0 Å². The fourth-order valence-corrected chi connectivity index (χ4v) is 3.30. The highest BCUT2D eigenvalue weighted by atomic mass is 35.5. The Kier molecular flexibility index (Phi) is 5.22. The van der Waals surface area contributed by atoms with Gasteiger partial charge in [-0.3, -0.25) is 13.9 Å². The number of fused-ring (bicyclic) bond motifs is 1. The van der Waals surface area contributed by atoms with Crippen molar-refractivity contribution in [2.75, 3.05) is 26.2 Å². The molecule has 1 saturated heterocycles. The zero-order valence-corrected chi connectivity index (χ0v) is 15.2. The molecule has 0 saturated carbocycles. The van der Waals surface area contributed by atoms with E-state index in [1.54, 1.807) is 13.4 Å². The maximum atomic E-state index is 12.4. The molecule has 134 valence electrons. The summed E-state index contributed by atoms with van der Waals surface area (Å²) in [5.41, 5.74) is 6.30. The van der Waals surface area contributed by atoms with E-state index in [2.05, 4.69) is 16.8 Å². The highest BCUT2D eigenvalue weighted by Gasteiger charge is 2.32. The van der Waals surface area contributed by atoms with Gasteiger partial charge in [0.1, 0.15) is 0 Å². The largest absolute Gasteiger partial charge is 0.332 e. The number of aromatic nitrogens is 4. The van der Waals surface area contributed by atoms with Gasteiger partial charge in [0.25, 0.3) is 5.56 Å². The second kappa shape index (κ2) is 6.70. The lowest BCUT2D eigenvalue weighted by atomic mass is 9.90. The summed E-state index contributed by atoms with van der Waals surface area (Å²) < 4.78 is 4.38. The van der Waals surface area contributed by atoms with Gasteiger partial charge in [-0.25, -0.2) is 9.78 Å². The van der Waals surface area contributed by atoms with Gasteiger partial charge >= 0.3 is 5.69 Å². The van der Waals surface area contributed by atoms with Crippen LogP contribution >= 0.6 is 12.4 Å². The van der Waals surface area contributed by atoms with Crippen molar-refractivity contribution < 1.29 is 0 Å². The van der Waals surface area contributed by atoms with E-state index in [0.717, 1.165) is 30.6 Å². The molecule has 8 nitrogen and oxygen atoms in total. The van der Waals surface area contributed by atoms with E-state index >= 15 is 0 Å². The molecule has 3 heterocycles. The molecular formula is C15H25ClN6O2. The average molecular weight is 357 g/mol. The zero-order chi connectivity index (χ0) is 16.8. The number of rotatable bonds is 4. The Hall–Kier alpha value is -1.64. The van der Waals surface area contributed by atoms with E-state index in [4.69, 9.17) is 5.73 Å². The van der Waals surface area contributed by atoms with Gasteiger partial charge in [0.2, 0.25) is 0 Å². The smallest absolute Gasteiger partial charge is 0.330 e. The summed E-state index contributed by atoms with van der Waals surface area (Å²) in [6, 6.07) is 0. The van der Waals surface area contributed by atoms with Gasteiger partial charge in [-0.15, -0.1) is 12.4 Å². The molecule has 0 bridgehead atoms.